The van der Waals surface area contributed by atoms with Crippen LogP contribution in [0.3, 0.4) is 0 Å². The number of nitrogens with zero attached hydrogens (tertiary/aromatic N) is 3. The lowest BCUT2D eigenvalue weighted by Crippen LogP contribution is -2.11. The van der Waals surface area contributed by atoms with E-state index in [2.05, 4.69) is 21.5 Å². The number of nitrogens with one attached hydrogen (secondary N) is 1. The summed E-state index contributed by atoms with van der Waals surface area (Å²) < 4.78 is 5.31. The molecule has 1 heterocycles. The minimum atomic E-state index is 0.574. The fourth-order valence-corrected chi connectivity index (χ4v) is 1.71. The number of anilines is 1. The maximum Gasteiger partial charge on any atom is 0.265 e. The van der Waals surface area contributed by atoms with Gasteiger partial charge in [0.05, 0.1) is 0 Å². The molecule has 2 aromatic rings. The fourth-order valence-electron chi connectivity index (χ4n) is 1.71. The van der Waals surface area contributed by atoms with Crippen LogP contribution in [0.2, 0.25) is 0 Å². The molecule has 0 radical (unpaired) electrons. The van der Waals surface area contributed by atoms with Crippen LogP contribution < -0.4 is 10.2 Å². The maximum atomic E-state index is 5.31. The summed E-state index contributed by atoms with van der Waals surface area (Å²) >= 11 is 0. The first kappa shape index (κ1) is 12.6. The molecule has 1 N–H and O–H groups in total. The van der Waals surface area contributed by atoms with Gasteiger partial charge in [-0.05, 0) is 36.8 Å². The van der Waals surface area contributed by atoms with Gasteiger partial charge in [-0.2, -0.15) is 4.98 Å². The third-order valence-electron chi connectivity index (χ3n) is 2.71. The van der Waals surface area contributed by atoms with Gasteiger partial charge in [0.1, 0.15) is 0 Å². The second-order valence-corrected chi connectivity index (χ2v) is 4.30. The van der Waals surface area contributed by atoms with Gasteiger partial charge in [-0.1, -0.05) is 18.2 Å². The molecule has 5 nitrogen and oxygen atoms in total. The van der Waals surface area contributed by atoms with Gasteiger partial charge in [0.2, 0.25) is 0 Å². The van der Waals surface area contributed by atoms with Crippen molar-refractivity contribution in [1.82, 2.24) is 15.5 Å². The lowest BCUT2D eigenvalue weighted by molar-refractivity contribution is 0.430. The Morgan fingerprint density at radius 3 is 2.72 bits per heavy atom. The highest BCUT2D eigenvalue weighted by molar-refractivity contribution is 5.59. The molecule has 0 aliphatic rings. The van der Waals surface area contributed by atoms with Crippen molar-refractivity contribution < 1.29 is 4.52 Å². The van der Waals surface area contributed by atoms with Gasteiger partial charge in [0, 0.05) is 19.7 Å². The third kappa shape index (κ3) is 2.68. The van der Waals surface area contributed by atoms with E-state index in [1.54, 1.807) is 0 Å². The number of likely N-dealkylation sites (N-methyl/N-ethyl adjacent to an activating group) is 1. The summed E-state index contributed by atoms with van der Waals surface area (Å²) in [7, 11) is 5.72. The van der Waals surface area contributed by atoms with E-state index in [1.165, 1.54) is 5.56 Å². The molecule has 0 bridgehead atoms. The highest BCUT2D eigenvalue weighted by Crippen LogP contribution is 2.23. The Labute approximate surface area is 107 Å². The summed E-state index contributed by atoms with van der Waals surface area (Å²) in [4.78, 5) is 6.20. The predicted octanol–water partition coefficient (Wildman–Crippen LogP) is 1.56. The van der Waals surface area contributed by atoms with Gasteiger partial charge in [-0.15, -0.1) is 0 Å². The Morgan fingerprint density at radius 2 is 2.06 bits per heavy atom. The Kier molecular flexibility index (Phi) is 3.94. The smallest absolute Gasteiger partial charge is 0.265 e. The molecule has 18 heavy (non-hydrogen) atoms. The number of benzene rings is 1. The van der Waals surface area contributed by atoms with Gasteiger partial charge in [-0.3, -0.25) is 0 Å². The lowest BCUT2D eigenvalue weighted by atomic mass is 10.0. The molecule has 2 rings (SSSR count). The Balaban J connectivity index is 2.30. The quantitative estimate of drug-likeness (QED) is 0.867. The van der Waals surface area contributed by atoms with Crippen LogP contribution in [0.15, 0.2) is 28.8 Å². The van der Waals surface area contributed by atoms with E-state index in [-0.39, 0.29) is 0 Å². The standard InChI is InChI=1S/C13H18N4O/c1-14-9-8-10-6-4-5-7-11(10)12-15-13(16-18-12)17(2)3/h4-7,14H,8-9H2,1-3H3. The monoisotopic (exact) mass is 246 g/mol. The Morgan fingerprint density at radius 1 is 1.28 bits per heavy atom. The van der Waals surface area contributed by atoms with Crippen LogP contribution in [0, 0.1) is 0 Å². The highest BCUT2D eigenvalue weighted by Gasteiger charge is 2.13. The summed E-state index contributed by atoms with van der Waals surface area (Å²) in [6, 6.07) is 8.11. The highest BCUT2D eigenvalue weighted by atomic mass is 16.5. The third-order valence-corrected chi connectivity index (χ3v) is 2.71. The van der Waals surface area contributed by atoms with Crippen LogP contribution in [-0.2, 0) is 6.42 Å². The second-order valence-electron chi connectivity index (χ2n) is 4.30. The fraction of sp³-hybridized carbons (Fsp3) is 0.385. The van der Waals surface area contributed by atoms with Gasteiger partial charge < -0.3 is 14.7 Å². The summed E-state index contributed by atoms with van der Waals surface area (Å²) in [6.45, 7) is 0.922. The van der Waals surface area contributed by atoms with E-state index >= 15 is 0 Å². The number of rotatable bonds is 5. The minimum Gasteiger partial charge on any atom is -0.344 e. The SMILES string of the molecule is CNCCc1ccccc1-c1nc(N(C)C)no1. The number of hydrogen-bond donors (Lipinski definition) is 1. The zero-order valence-electron chi connectivity index (χ0n) is 11.0. The molecule has 0 saturated heterocycles. The summed E-state index contributed by atoms with van der Waals surface area (Å²) in [5, 5.41) is 7.08. The largest absolute Gasteiger partial charge is 0.344 e. The average molecular weight is 246 g/mol. The van der Waals surface area contributed by atoms with E-state index in [9.17, 15) is 0 Å². The molecule has 0 aliphatic heterocycles. The van der Waals surface area contributed by atoms with Crippen molar-refractivity contribution >= 4 is 5.95 Å². The Bertz CT molecular complexity index is 507. The molecule has 0 unspecified atom stereocenters. The maximum absolute atomic E-state index is 5.31. The molecule has 0 atom stereocenters. The van der Waals surface area contributed by atoms with Crippen LogP contribution >= 0.6 is 0 Å². The van der Waals surface area contributed by atoms with E-state index in [0.717, 1.165) is 18.5 Å². The zero-order valence-corrected chi connectivity index (χ0v) is 11.0. The van der Waals surface area contributed by atoms with E-state index in [0.29, 0.717) is 11.8 Å². The summed E-state index contributed by atoms with van der Waals surface area (Å²) in [6.07, 6.45) is 0.937. The normalized spacial score (nSPS) is 10.6. The molecule has 0 aliphatic carbocycles. The van der Waals surface area contributed by atoms with Gasteiger partial charge in [0.15, 0.2) is 0 Å². The van der Waals surface area contributed by atoms with Crippen LogP contribution in [0.4, 0.5) is 5.95 Å². The molecule has 1 aromatic heterocycles. The molecular weight excluding hydrogens is 228 g/mol. The molecule has 96 valence electrons. The summed E-state index contributed by atoms with van der Waals surface area (Å²) in [5.74, 6) is 1.17. The summed E-state index contributed by atoms with van der Waals surface area (Å²) in [5.41, 5.74) is 2.22. The van der Waals surface area contributed by atoms with Crippen molar-refractivity contribution in [3.8, 4) is 11.5 Å². The first-order chi connectivity index (χ1) is 8.72. The van der Waals surface area contributed by atoms with Crippen LogP contribution in [0.1, 0.15) is 5.56 Å². The van der Waals surface area contributed by atoms with Crippen molar-refractivity contribution in [3.05, 3.63) is 29.8 Å². The van der Waals surface area contributed by atoms with Gasteiger partial charge >= 0.3 is 0 Å². The molecule has 5 heteroatoms. The van der Waals surface area contributed by atoms with Crippen LogP contribution in [0.5, 0.6) is 0 Å². The molecule has 0 fully saturated rings. The van der Waals surface area contributed by atoms with Crippen LogP contribution in [0.25, 0.3) is 11.5 Å². The first-order valence-electron chi connectivity index (χ1n) is 5.96. The number of hydrogen-bond acceptors (Lipinski definition) is 5. The Hall–Kier alpha value is -1.88. The van der Waals surface area contributed by atoms with E-state index in [1.807, 2.05) is 44.2 Å². The number of aromatic nitrogens is 2. The van der Waals surface area contributed by atoms with Crippen molar-refractivity contribution in [2.45, 2.75) is 6.42 Å². The topological polar surface area (TPSA) is 54.2 Å². The van der Waals surface area contributed by atoms with Crippen molar-refractivity contribution in [1.29, 1.82) is 0 Å². The molecule has 0 saturated carbocycles. The van der Waals surface area contributed by atoms with Crippen molar-refractivity contribution in [3.63, 3.8) is 0 Å². The minimum absolute atomic E-state index is 0.574. The molecular formula is C13H18N4O. The average Bonchev–Trinajstić information content (AvgIpc) is 2.86. The van der Waals surface area contributed by atoms with Gasteiger partial charge in [-0.25, -0.2) is 0 Å². The van der Waals surface area contributed by atoms with Gasteiger partial charge in [0.25, 0.3) is 11.8 Å². The lowest BCUT2D eigenvalue weighted by Gasteiger charge is -2.05. The van der Waals surface area contributed by atoms with E-state index in [4.69, 9.17) is 4.52 Å². The van der Waals surface area contributed by atoms with Crippen LogP contribution in [-0.4, -0.2) is 37.8 Å². The molecule has 0 amide bonds. The molecule has 0 spiro atoms. The van der Waals surface area contributed by atoms with Crippen molar-refractivity contribution in [2.75, 3.05) is 32.6 Å². The second kappa shape index (κ2) is 5.64. The molecule has 1 aromatic carbocycles. The van der Waals surface area contributed by atoms with E-state index < -0.39 is 0 Å². The zero-order chi connectivity index (χ0) is 13.0. The van der Waals surface area contributed by atoms with Crippen molar-refractivity contribution in [2.24, 2.45) is 0 Å². The predicted molar refractivity (Wildman–Crippen MR) is 71.7 cm³/mol. The first-order valence-corrected chi connectivity index (χ1v) is 5.96.